The van der Waals surface area contributed by atoms with Gasteiger partial charge in [0.05, 0.1) is 16.4 Å². The SMILES string of the molecule is C=C/C=C\C=C(/C)C1(c2ccccc2)c2ccccc2-c2cc(N(c3ccc(-c4ccccc4)cc3)c3cccc(-c4cccc(-c5ccc6c7ccccc7n(-c7ccccc7)c6c5)c4)c3)ccc21. The molecule has 0 aliphatic heterocycles. The molecule has 2 nitrogen and oxygen atoms in total. The molecule has 1 aliphatic carbocycles. The van der Waals surface area contributed by atoms with E-state index >= 15 is 0 Å². The first-order valence-electron chi connectivity index (χ1n) is 24.1. The van der Waals surface area contributed by atoms with E-state index in [2.05, 4.69) is 284 Å². The van der Waals surface area contributed by atoms with Crippen molar-refractivity contribution in [1.82, 2.24) is 4.57 Å². The Kier molecular flexibility index (Phi) is 10.8. The van der Waals surface area contributed by atoms with Crippen LogP contribution < -0.4 is 4.90 Å². The molecule has 1 unspecified atom stereocenters. The molecule has 10 aromatic carbocycles. The number of benzene rings is 10. The van der Waals surface area contributed by atoms with Gasteiger partial charge in [0.2, 0.25) is 0 Å². The van der Waals surface area contributed by atoms with Gasteiger partial charge in [-0.3, -0.25) is 0 Å². The van der Waals surface area contributed by atoms with Crippen molar-refractivity contribution in [3.05, 3.63) is 302 Å². The molecule has 1 heterocycles. The quantitative estimate of drug-likeness (QED) is 0.117. The van der Waals surface area contributed by atoms with E-state index in [1.165, 1.54) is 77.5 Å². The van der Waals surface area contributed by atoms with Crippen LogP contribution in [0.1, 0.15) is 23.6 Å². The maximum atomic E-state index is 3.94. The van der Waals surface area contributed by atoms with Crippen LogP contribution in [0.4, 0.5) is 17.1 Å². The second-order valence-electron chi connectivity index (χ2n) is 18.2. The second kappa shape index (κ2) is 17.9. The molecule has 2 heteroatoms. The molecule has 1 aromatic heterocycles. The summed E-state index contributed by atoms with van der Waals surface area (Å²) < 4.78 is 2.39. The predicted octanol–water partition coefficient (Wildman–Crippen LogP) is 18.3. The smallest absolute Gasteiger partial charge is 0.0673 e. The van der Waals surface area contributed by atoms with E-state index in [4.69, 9.17) is 0 Å². The van der Waals surface area contributed by atoms with E-state index < -0.39 is 5.41 Å². The maximum absolute atomic E-state index is 3.94. The molecule has 0 radical (unpaired) electrons. The minimum atomic E-state index is -0.479. The third-order valence-electron chi connectivity index (χ3n) is 14.2. The van der Waals surface area contributed by atoms with Crippen LogP contribution in [0.2, 0.25) is 0 Å². The number of allylic oxidation sites excluding steroid dienone is 5. The largest absolute Gasteiger partial charge is 0.310 e. The summed E-state index contributed by atoms with van der Waals surface area (Å²) >= 11 is 0. The molecule has 12 rings (SSSR count). The van der Waals surface area contributed by atoms with Gasteiger partial charge in [0, 0.05) is 33.5 Å². The summed E-state index contributed by atoms with van der Waals surface area (Å²) in [5.74, 6) is 0. The topological polar surface area (TPSA) is 8.17 Å². The molecule has 0 bridgehead atoms. The molecule has 11 aromatic rings. The van der Waals surface area contributed by atoms with Gasteiger partial charge in [-0.25, -0.2) is 0 Å². The summed E-state index contributed by atoms with van der Waals surface area (Å²) in [6.45, 7) is 6.21. The molecule has 0 amide bonds. The summed E-state index contributed by atoms with van der Waals surface area (Å²) in [4.78, 5) is 2.42. The summed E-state index contributed by atoms with van der Waals surface area (Å²) in [6, 6.07) is 91.0. The van der Waals surface area contributed by atoms with Crippen LogP contribution in [0.3, 0.4) is 0 Å². The van der Waals surface area contributed by atoms with Gasteiger partial charge in [0.15, 0.2) is 0 Å². The normalized spacial score (nSPS) is 14.2. The highest BCUT2D eigenvalue weighted by Crippen LogP contribution is 2.57. The molecular formula is C68H50N2. The van der Waals surface area contributed by atoms with Gasteiger partial charge in [0.1, 0.15) is 0 Å². The van der Waals surface area contributed by atoms with Gasteiger partial charge >= 0.3 is 0 Å². The van der Waals surface area contributed by atoms with Crippen molar-refractivity contribution >= 4 is 38.9 Å². The van der Waals surface area contributed by atoms with Gasteiger partial charge in [-0.1, -0.05) is 218 Å². The van der Waals surface area contributed by atoms with Crippen molar-refractivity contribution in [2.75, 3.05) is 4.90 Å². The first-order valence-corrected chi connectivity index (χ1v) is 24.1. The molecule has 0 saturated carbocycles. The molecule has 1 aliphatic rings. The predicted molar refractivity (Wildman–Crippen MR) is 297 cm³/mol. The number of anilines is 3. The van der Waals surface area contributed by atoms with E-state index in [1.54, 1.807) is 0 Å². The highest BCUT2D eigenvalue weighted by molar-refractivity contribution is 6.10. The van der Waals surface area contributed by atoms with E-state index in [0.29, 0.717) is 0 Å². The highest BCUT2D eigenvalue weighted by Gasteiger charge is 2.46. The average Bonchev–Trinajstić information content (AvgIpc) is 3.92. The van der Waals surface area contributed by atoms with Gasteiger partial charge in [0.25, 0.3) is 0 Å². The fourth-order valence-electron chi connectivity index (χ4n) is 11.1. The first kappa shape index (κ1) is 42.4. The second-order valence-corrected chi connectivity index (χ2v) is 18.2. The van der Waals surface area contributed by atoms with E-state index in [9.17, 15) is 0 Å². The molecule has 0 spiro atoms. The molecule has 70 heavy (non-hydrogen) atoms. The zero-order valence-corrected chi connectivity index (χ0v) is 39.1. The van der Waals surface area contributed by atoms with E-state index in [0.717, 1.165) is 33.9 Å². The Balaban J connectivity index is 0.991. The zero-order chi connectivity index (χ0) is 47.0. The minimum Gasteiger partial charge on any atom is -0.310 e. The van der Waals surface area contributed by atoms with Crippen molar-refractivity contribution in [2.45, 2.75) is 12.3 Å². The van der Waals surface area contributed by atoms with Gasteiger partial charge in [-0.15, -0.1) is 0 Å². The fourth-order valence-corrected chi connectivity index (χ4v) is 11.1. The fraction of sp³-hybridized carbons (Fsp3) is 0.0294. The summed E-state index contributed by atoms with van der Waals surface area (Å²) in [6.07, 6.45) is 8.19. The van der Waals surface area contributed by atoms with Crippen LogP contribution in [0.5, 0.6) is 0 Å². The number of hydrogen-bond donors (Lipinski definition) is 0. The number of nitrogens with zero attached hydrogens (tertiary/aromatic N) is 2. The van der Waals surface area contributed by atoms with Crippen molar-refractivity contribution in [3.8, 4) is 50.2 Å². The monoisotopic (exact) mass is 894 g/mol. The summed E-state index contributed by atoms with van der Waals surface area (Å²) in [5.41, 5.74) is 20.9. The third-order valence-corrected chi connectivity index (χ3v) is 14.2. The lowest BCUT2D eigenvalue weighted by Gasteiger charge is -2.34. The van der Waals surface area contributed by atoms with Crippen LogP contribution >= 0.6 is 0 Å². The Morgan fingerprint density at radius 2 is 0.971 bits per heavy atom. The Morgan fingerprint density at radius 1 is 0.414 bits per heavy atom. The Bertz CT molecular complexity index is 3780. The molecule has 0 fully saturated rings. The lowest BCUT2D eigenvalue weighted by molar-refractivity contribution is 0.746. The molecule has 0 N–H and O–H groups in total. The Hall–Kier alpha value is -8.98. The van der Waals surface area contributed by atoms with Crippen LogP contribution in [0.15, 0.2) is 285 Å². The van der Waals surface area contributed by atoms with Gasteiger partial charge < -0.3 is 9.47 Å². The van der Waals surface area contributed by atoms with Gasteiger partial charge in [-0.2, -0.15) is 0 Å². The third kappa shape index (κ3) is 7.21. The number of hydrogen-bond acceptors (Lipinski definition) is 1. The maximum Gasteiger partial charge on any atom is 0.0673 e. The molecule has 0 saturated heterocycles. The van der Waals surface area contributed by atoms with Crippen molar-refractivity contribution < 1.29 is 0 Å². The highest BCUT2D eigenvalue weighted by atomic mass is 15.1. The van der Waals surface area contributed by atoms with Crippen LogP contribution in [-0.4, -0.2) is 4.57 Å². The summed E-state index contributed by atoms with van der Waals surface area (Å²) in [5, 5.41) is 2.50. The average molecular weight is 895 g/mol. The van der Waals surface area contributed by atoms with E-state index in [-0.39, 0.29) is 0 Å². The Labute approximate surface area is 410 Å². The Morgan fingerprint density at radius 3 is 1.74 bits per heavy atom. The minimum absolute atomic E-state index is 0.479. The number of fused-ring (bicyclic) bond motifs is 6. The number of aromatic nitrogens is 1. The molecule has 332 valence electrons. The number of rotatable bonds is 11. The molecule has 1 atom stereocenters. The van der Waals surface area contributed by atoms with E-state index in [1.807, 2.05) is 12.2 Å². The van der Waals surface area contributed by atoms with Crippen LogP contribution in [0.25, 0.3) is 72.0 Å². The first-order chi connectivity index (χ1) is 34.6. The van der Waals surface area contributed by atoms with Gasteiger partial charge in [-0.05, 0) is 135 Å². The summed E-state index contributed by atoms with van der Waals surface area (Å²) in [7, 11) is 0. The van der Waals surface area contributed by atoms with Crippen molar-refractivity contribution in [2.24, 2.45) is 0 Å². The van der Waals surface area contributed by atoms with Crippen LogP contribution in [-0.2, 0) is 5.41 Å². The lowest BCUT2D eigenvalue weighted by atomic mass is 9.67. The standard InChI is InChI=1S/C68H50N2/c1-3-4-8-21-48(2)68(55-27-11-6-12-28-55)64-34-17-15-32-60(64)63-47-59(41-43-65(63)68)69(57-39-36-50(37-40-57)49-22-9-5-10-23-49)58-31-20-26-53(45-58)51-24-19-25-52(44-51)54-38-42-62-61-33-16-18-35-66(61)70(67(62)46-54)56-29-13-7-14-30-56/h3-47H,1H2,2H3/b8-4-,48-21+. The molecular weight excluding hydrogens is 845 g/mol. The lowest BCUT2D eigenvalue weighted by Crippen LogP contribution is -2.28. The van der Waals surface area contributed by atoms with Crippen molar-refractivity contribution in [3.63, 3.8) is 0 Å². The zero-order valence-electron chi connectivity index (χ0n) is 39.1. The number of para-hydroxylation sites is 2. The van der Waals surface area contributed by atoms with Crippen molar-refractivity contribution in [1.29, 1.82) is 0 Å². The van der Waals surface area contributed by atoms with Crippen LogP contribution in [0, 0.1) is 0 Å².